The van der Waals surface area contributed by atoms with E-state index in [0.717, 1.165) is 24.1 Å². The summed E-state index contributed by atoms with van der Waals surface area (Å²) in [6, 6.07) is 11.4. The van der Waals surface area contributed by atoms with E-state index in [0.29, 0.717) is 17.5 Å². The molecule has 2 aromatic rings. The zero-order valence-corrected chi connectivity index (χ0v) is 16.4. The van der Waals surface area contributed by atoms with Crippen LogP contribution in [0.4, 0.5) is 4.39 Å². The summed E-state index contributed by atoms with van der Waals surface area (Å²) in [6.45, 7) is 2.30. The summed E-state index contributed by atoms with van der Waals surface area (Å²) in [5, 5.41) is 0. The van der Waals surface area contributed by atoms with Gasteiger partial charge in [-0.3, -0.25) is 9.59 Å². The van der Waals surface area contributed by atoms with E-state index in [4.69, 9.17) is 10.5 Å². The number of carbonyl (C=O) groups is 2. The lowest BCUT2D eigenvalue weighted by Gasteiger charge is -2.31. The summed E-state index contributed by atoms with van der Waals surface area (Å²) < 4.78 is 19.8. The van der Waals surface area contributed by atoms with E-state index in [-0.39, 0.29) is 11.6 Å². The molecule has 2 unspecified atom stereocenters. The summed E-state index contributed by atoms with van der Waals surface area (Å²) in [6.07, 6.45) is 0.426. The van der Waals surface area contributed by atoms with Gasteiger partial charge in [0.2, 0.25) is 0 Å². The summed E-state index contributed by atoms with van der Waals surface area (Å²) in [5.74, 6) is -1.06. The molecule has 0 saturated carbocycles. The van der Waals surface area contributed by atoms with E-state index < -0.39 is 17.6 Å². The number of rotatable bonds is 7. The highest BCUT2D eigenvalue weighted by atomic mass is 19.1. The van der Waals surface area contributed by atoms with Crippen molar-refractivity contribution in [2.24, 2.45) is 5.73 Å². The molecule has 0 radical (unpaired) electrons. The van der Waals surface area contributed by atoms with Gasteiger partial charge in [0.15, 0.2) is 11.9 Å². The monoisotopic (exact) mass is 384 g/mol. The number of amides is 1. The molecule has 0 aliphatic carbocycles. The van der Waals surface area contributed by atoms with Crippen LogP contribution in [0.15, 0.2) is 42.5 Å². The Balaban J connectivity index is 2.15. The SMILES string of the molecule is CC(=O)c1ccc2c(c1)C(C(N)=O)OC2(CCCN(C)C)c1ccc(F)cc1. The van der Waals surface area contributed by atoms with Gasteiger partial charge in [0.1, 0.15) is 11.4 Å². The Labute approximate surface area is 164 Å². The van der Waals surface area contributed by atoms with Crippen LogP contribution in [0, 0.1) is 5.82 Å². The second-order valence-electron chi connectivity index (χ2n) is 7.50. The zero-order chi connectivity index (χ0) is 20.5. The van der Waals surface area contributed by atoms with Crippen LogP contribution in [0.5, 0.6) is 0 Å². The van der Waals surface area contributed by atoms with Crippen LogP contribution in [-0.4, -0.2) is 37.2 Å². The Morgan fingerprint density at radius 2 is 1.86 bits per heavy atom. The number of carbonyl (C=O) groups excluding carboxylic acids is 2. The number of hydrogen-bond donors (Lipinski definition) is 1. The number of fused-ring (bicyclic) bond motifs is 1. The van der Waals surface area contributed by atoms with Crippen LogP contribution in [0.25, 0.3) is 0 Å². The van der Waals surface area contributed by atoms with Crippen molar-refractivity contribution in [2.75, 3.05) is 20.6 Å². The average molecular weight is 384 g/mol. The maximum absolute atomic E-state index is 13.5. The van der Waals surface area contributed by atoms with Crippen LogP contribution >= 0.6 is 0 Å². The highest BCUT2D eigenvalue weighted by Crippen LogP contribution is 2.50. The van der Waals surface area contributed by atoms with E-state index in [1.807, 2.05) is 20.2 Å². The van der Waals surface area contributed by atoms with Gasteiger partial charge in [-0.2, -0.15) is 0 Å². The molecule has 2 atom stereocenters. The molecule has 0 spiro atoms. The van der Waals surface area contributed by atoms with Crippen molar-refractivity contribution in [3.63, 3.8) is 0 Å². The molecule has 0 aromatic heterocycles. The summed E-state index contributed by atoms with van der Waals surface area (Å²) >= 11 is 0. The van der Waals surface area contributed by atoms with Gasteiger partial charge in [-0.15, -0.1) is 0 Å². The minimum absolute atomic E-state index is 0.0992. The van der Waals surface area contributed by atoms with Crippen LogP contribution in [0.3, 0.4) is 0 Å². The van der Waals surface area contributed by atoms with Crippen LogP contribution in [-0.2, 0) is 15.1 Å². The van der Waals surface area contributed by atoms with Crippen molar-refractivity contribution in [2.45, 2.75) is 31.5 Å². The summed E-state index contributed by atoms with van der Waals surface area (Å²) in [7, 11) is 3.97. The quantitative estimate of drug-likeness (QED) is 0.744. The fourth-order valence-electron chi connectivity index (χ4n) is 3.83. The number of primary amides is 1. The Kier molecular flexibility index (Phi) is 5.63. The van der Waals surface area contributed by atoms with E-state index in [2.05, 4.69) is 4.90 Å². The van der Waals surface area contributed by atoms with Gasteiger partial charge in [-0.05, 0) is 75.3 Å². The first-order chi connectivity index (χ1) is 13.2. The molecule has 1 amide bonds. The lowest BCUT2D eigenvalue weighted by molar-refractivity contribution is -0.137. The Hall–Kier alpha value is -2.57. The zero-order valence-electron chi connectivity index (χ0n) is 16.4. The molecule has 3 rings (SSSR count). The fraction of sp³-hybridized carbons (Fsp3) is 0.364. The molecule has 0 bridgehead atoms. The molecule has 1 aliphatic rings. The second-order valence-corrected chi connectivity index (χ2v) is 7.50. The Morgan fingerprint density at radius 3 is 2.43 bits per heavy atom. The van der Waals surface area contributed by atoms with Gasteiger partial charge in [-0.1, -0.05) is 24.3 Å². The Morgan fingerprint density at radius 1 is 1.18 bits per heavy atom. The topological polar surface area (TPSA) is 72.6 Å². The summed E-state index contributed by atoms with van der Waals surface area (Å²) in [4.78, 5) is 26.0. The van der Waals surface area contributed by atoms with Crippen molar-refractivity contribution in [1.82, 2.24) is 4.90 Å². The predicted octanol–water partition coefficient (Wildman–Crippen LogP) is 3.17. The maximum Gasteiger partial charge on any atom is 0.251 e. The molecule has 1 aliphatic heterocycles. The van der Waals surface area contributed by atoms with Crippen molar-refractivity contribution in [1.29, 1.82) is 0 Å². The van der Waals surface area contributed by atoms with Gasteiger partial charge < -0.3 is 15.4 Å². The largest absolute Gasteiger partial charge is 0.367 e. The lowest BCUT2D eigenvalue weighted by atomic mass is 9.81. The third kappa shape index (κ3) is 3.70. The number of halogens is 1. The van der Waals surface area contributed by atoms with E-state index in [9.17, 15) is 14.0 Å². The fourth-order valence-corrected chi connectivity index (χ4v) is 3.83. The highest BCUT2D eigenvalue weighted by Gasteiger charge is 2.48. The first-order valence-electron chi connectivity index (χ1n) is 9.28. The van der Waals surface area contributed by atoms with Crippen LogP contribution < -0.4 is 5.73 Å². The van der Waals surface area contributed by atoms with Crippen molar-refractivity contribution < 1.29 is 18.7 Å². The van der Waals surface area contributed by atoms with Gasteiger partial charge in [0.05, 0.1) is 0 Å². The third-order valence-electron chi connectivity index (χ3n) is 5.20. The highest BCUT2D eigenvalue weighted by molar-refractivity contribution is 5.95. The Bertz CT molecular complexity index is 895. The van der Waals surface area contributed by atoms with Gasteiger partial charge in [-0.25, -0.2) is 4.39 Å². The number of benzene rings is 2. The van der Waals surface area contributed by atoms with Crippen molar-refractivity contribution in [3.8, 4) is 0 Å². The lowest BCUT2D eigenvalue weighted by Crippen LogP contribution is -2.31. The molecule has 0 fully saturated rings. The number of nitrogens with zero attached hydrogens (tertiary/aromatic N) is 1. The van der Waals surface area contributed by atoms with Gasteiger partial charge >= 0.3 is 0 Å². The second kappa shape index (κ2) is 7.81. The predicted molar refractivity (Wildman–Crippen MR) is 104 cm³/mol. The molecule has 5 nitrogen and oxygen atoms in total. The van der Waals surface area contributed by atoms with Gasteiger partial charge in [0, 0.05) is 5.56 Å². The molecule has 1 heterocycles. The molecule has 0 saturated heterocycles. The normalized spacial score (nSPS) is 21.0. The maximum atomic E-state index is 13.5. The van der Waals surface area contributed by atoms with Crippen LogP contribution in [0.2, 0.25) is 0 Å². The molecular formula is C22H25FN2O3. The molecule has 2 aromatic carbocycles. The molecule has 148 valence electrons. The van der Waals surface area contributed by atoms with Gasteiger partial charge in [0.25, 0.3) is 5.91 Å². The number of ether oxygens (including phenoxy) is 1. The number of nitrogens with two attached hydrogens (primary N) is 1. The minimum Gasteiger partial charge on any atom is -0.367 e. The first kappa shape index (κ1) is 20.2. The number of Topliss-reactive ketones (excluding diaryl/α,β-unsaturated/α-hetero) is 1. The van der Waals surface area contributed by atoms with Crippen LogP contribution in [0.1, 0.15) is 52.9 Å². The van der Waals surface area contributed by atoms with E-state index >= 15 is 0 Å². The first-order valence-corrected chi connectivity index (χ1v) is 9.28. The minimum atomic E-state index is -0.960. The van der Waals surface area contributed by atoms with Crippen molar-refractivity contribution >= 4 is 11.7 Å². The summed E-state index contributed by atoms with van der Waals surface area (Å²) in [5.41, 5.74) is 7.36. The van der Waals surface area contributed by atoms with Crippen molar-refractivity contribution in [3.05, 3.63) is 70.5 Å². The average Bonchev–Trinajstić information content (AvgIpc) is 2.97. The molecule has 6 heteroatoms. The van der Waals surface area contributed by atoms with E-state index in [1.54, 1.807) is 24.3 Å². The smallest absolute Gasteiger partial charge is 0.251 e. The number of ketones is 1. The third-order valence-corrected chi connectivity index (χ3v) is 5.20. The number of hydrogen-bond acceptors (Lipinski definition) is 4. The standard InChI is InChI=1S/C22H25FN2O3/c1-14(26)15-5-10-19-18(13-15)20(21(24)27)28-22(19,11-4-12-25(2)3)16-6-8-17(23)9-7-16/h5-10,13,20H,4,11-12H2,1-3H3,(H2,24,27). The van der Waals surface area contributed by atoms with E-state index in [1.165, 1.54) is 19.1 Å². The molecular weight excluding hydrogens is 359 g/mol. The molecule has 2 N–H and O–H groups in total. The molecule has 28 heavy (non-hydrogen) atoms.